The molecule has 0 N–H and O–H groups in total. The van der Waals surface area contributed by atoms with Gasteiger partial charge in [-0.2, -0.15) is 0 Å². The molecule has 0 aromatic heterocycles. The van der Waals surface area contributed by atoms with Gasteiger partial charge in [0.05, 0.1) is 14.2 Å². The molecule has 21 heavy (non-hydrogen) atoms. The Balaban J connectivity index is 1.79. The Bertz CT molecular complexity index is 639. The van der Waals surface area contributed by atoms with Crippen LogP contribution < -0.4 is 14.4 Å². The van der Waals surface area contributed by atoms with E-state index in [0.29, 0.717) is 6.04 Å². The predicted molar refractivity (Wildman–Crippen MR) is 85.6 cm³/mol. The van der Waals surface area contributed by atoms with Gasteiger partial charge in [0.15, 0.2) is 11.5 Å². The van der Waals surface area contributed by atoms with Crippen LogP contribution in [0.5, 0.6) is 11.5 Å². The van der Waals surface area contributed by atoms with E-state index in [4.69, 9.17) is 9.47 Å². The van der Waals surface area contributed by atoms with Crippen LogP contribution in [0.3, 0.4) is 0 Å². The number of nitrogens with zero attached hydrogens (tertiary/aromatic N) is 1. The third-order valence-corrected chi connectivity index (χ3v) is 4.29. The third-order valence-electron chi connectivity index (χ3n) is 4.29. The Kier molecular flexibility index (Phi) is 3.74. The minimum atomic E-state index is 0.500. The summed E-state index contributed by atoms with van der Waals surface area (Å²) in [6, 6.07) is 15.3. The van der Waals surface area contributed by atoms with Gasteiger partial charge in [-0.1, -0.05) is 24.3 Å². The largest absolute Gasteiger partial charge is 0.493 e. The summed E-state index contributed by atoms with van der Waals surface area (Å²) in [6.07, 6.45) is 2.10. The molecule has 1 heterocycles. The molecule has 0 aliphatic carbocycles. The second-order valence-corrected chi connectivity index (χ2v) is 5.49. The molecule has 3 heteroatoms. The lowest BCUT2D eigenvalue weighted by molar-refractivity contribution is 0.354. The minimum Gasteiger partial charge on any atom is -0.493 e. The SMILES string of the molecule is COc1ccc(CC2Cc3ccccc3N2C)cc1OC. The van der Waals surface area contributed by atoms with Crippen LogP contribution in [0.4, 0.5) is 5.69 Å². The number of benzene rings is 2. The Labute approximate surface area is 126 Å². The number of anilines is 1. The molecule has 0 radical (unpaired) electrons. The van der Waals surface area contributed by atoms with E-state index in [1.807, 2.05) is 6.07 Å². The summed E-state index contributed by atoms with van der Waals surface area (Å²) >= 11 is 0. The van der Waals surface area contributed by atoms with Crippen molar-refractivity contribution in [3.63, 3.8) is 0 Å². The van der Waals surface area contributed by atoms with Gasteiger partial charge in [-0.25, -0.2) is 0 Å². The highest BCUT2D eigenvalue weighted by molar-refractivity contribution is 5.59. The van der Waals surface area contributed by atoms with Gasteiger partial charge in [0.25, 0.3) is 0 Å². The van der Waals surface area contributed by atoms with E-state index in [-0.39, 0.29) is 0 Å². The first kappa shape index (κ1) is 13.8. The lowest BCUT2D eigenvalue weighted by atomic mass is 10.0. The van der Waals surface area contributed by atoms with Crippen molar-refractivity contribution in [1.82, 2.24) is 0 Å². The lowest BCUT2D eigenvalue weighted by Gasteiger charge is -2.23. The Hall–Kier alpha value is -2.16. The van der Waals surface area contributed by atoms with Gasteiger partial charge in [0.1, 0.15) is 0 Å². The maximum atomic E-state index is 5.39. The first-order valence-corrected chi connectivity index (χ1v) is 7.24. The van der Waals surface area contributed by atoms with Crippen molar-refractivity contribution in [3.05, 3.63) is 53.6 Å². The van der Waals surface area contributed by atoms with Crippen molar-refractivity contribution < 1.29 is 9.47 Å². The first-order chi connectivity index (χ1) is 10.2. The van der Waals surface area contributed by atoms with E-state index >= 15 is 0 Å². The Morgan fingerprint density at radius 2 is 1.81 bits per heavy atom. The average Bonchev–Trinajstić information content (AvgIpc) is 2.84. The number of likely N-dealkylation sites (N-methyl/N-ethyl adjacent to an activating group) is 1. The van der Waals surface area contributed by atoms with E-state index in [2.05, 4.69) is 48.3 Å². The van der Waals surface area contributed by atoms with E-state index < -0.39 is 0 Å². The van der Waals surface area contributed by atoms with Crippen molar-refractivity contribution >= 4 is 5.69 Å². The van der Waals surface area contributed by atoms with Crippen molar-refractivity contribution in [2.45, 2.75) is 18.9 Å². The molecule has 2 aromatic rings. The number of fused-ring (bicyclic) bond motifs is 1. The summed E-state index contributed by atoms with van der Waals surface area (Å²) in [4.78, 5) is 2.38. The molecule has 2 aromatic carbocycles. The highest BCUT2D eigenvalue weighted by atomic mass is 16.5. The van der Waals surface area contributed by atoms with Crippen LogP contribution in [0.15, 0.2) is 42.5 Å². The van der Waals surface area contributed by atoms with Gasteiger partial charge in [0, 0.05) is 18.8 Å². The standard InChI is InChI=1S/C18H21NO2/c1-19-15(12-14-6-4-5-7-16(14)19)10-13-8-9-17(20-2)18(11-13)21-3/h4-9,11,15H,10,12H2,1-3H3. The predicted octanol–water partition coefficient (Wildman–Crippen LogP) is 3.31. The zero-order valence-corrected chi connectivity index (χ0v) is 12.8. The number of methoxy groups -OCH3 is 2. The zero-order chi connectivity index (χ0) is 14.8. The smallest absolute Gasteiger partial charge is 0.160 e. The van der Waals surface area contributed by atoms with Crippen molar-refractivity contribution in [2.24, 2.45) is 0 Å². The summed E-state index contributed by atoms with van der Waals surface area (Å²) in [7, 11) is 5.52. The average molecular weight is 283 g/mol. The Morgan fingerprint density at radius 3 is 2.52 bits per heavy atom. The van der Waals surface area contributed by atoms with E-state index in [1.54, 1.807) is 14.2 Å². The molecule has 1 atom stereocenters. The van der Waals surface area contributed by atoms with Gasteiger partial charge in [-0.15, -0.1) is 0 Å². The molecular weight excluding hydrogens is 262 g/mol. The fourth-order valence-electron chi connectivity index (χ4n) is 3.10. The molecule has 110 valence electrons. The quantitative estimate of drug-likeness (QED) is 0.859. The van der Waals surface area contributed by atoms with Crippen LogP contribution in [0.25, 0.3) is 0 Å². The molecule has 0 saturated carbocycles. The van der Waals surface area contributed by atoms with Crippen LogP contribution in [-0.4, -0.2) is 27.3 Å². The molecule has 3 rings (SSSR count). The molecule has 3 nitrogen and oxygen atoms in total. The fourth-order valence-corrected chi connectivity index (χ4v) is 3.10. The number of hydrogen-bond donors (Lipinski definition) is 0. The normalized spacial score (nSPS) is 16.7. The monoisotopic (exact) mass is 283 g/mol. The molecule has 0 amide bonds. The molecular formula is C18H21NO2. The number of ether oxygens (including phenoxy) is 2. The summed E-state index contributed by atoms with van der Waals surface area (Å²) < 4.78 is 10.7. The topological polar surface area (TPSA) is 21.7 Å². The van der Waals surface area contributed by atoms with Crippen LogP contribution in [-0.2, 0) is 12.8 Å². The molecule has 0 saturated heterocycles. The van der Waals surface area contributed by atoms with Crippen LogP contribution >= 0.6 is 0 Å². The van der Waals surface area contributed by atoms with E-state index in [0.717, 1.165) is 24.3 Å². The molecule has 1 aliphatic rings. The summed E-state index contributed by atoms with van der Waals surface area (Å²) in [5, 5.41) is 0. The summed E-state index contributed by atoms with van der Waals surface area (Å²) in [6.45, 7) is 0. The van der Waals surface area contributed by atoms with Crippen LogP contribution in [0.1, 0.15) is 11.1 Å². The third kappa shape index (κ3) is 2.56. The highest BCUT2D eigenvalue weighted by Gasteiger charge is 2.26. The van der Waals surface area contributed by atoms with Crippen molar-refractivity contribution in [2.75, 3.05) is 26.2 Å². The molecule has 1 aliphatic heterocycles. The molecule has 0 fully saturated rings. The number of rotatable bonds is 4. The molecule has 1 unspecified atom stereocenters. The van der Waals surface area contributed by atoms with Gasteiger partial charge >= 0.3 is 0 Å². The second kappa shape index (κ2) is 5.68. The first-order valence-electron chi connectivity index (χ1n) is 7.24. The maximum absolute atomic E-state index is 5.39. The summed E-state index contributed by atoms with van der Waals surface area (Å²) in [5.74, 6) is 1.58. The van der Waals surface area contributed by atoms with Gasteiger partial charge in [-0.05, 0) is 42.2 Å². The van der Waals surface area contributed by atoms with E-state index in [9.17, 15) is 0 Å². The van der Waals surface area contributed by atoms with Crippen LogP contribution in [0.2, 0.25) is 0 Å². The van der Waals surface area contributed by atoms with Gasteiger partial charge < -0.3 is 14.4 Å². The maximum Gasteiger partial charge on any atom is 0.160 e. The minimum absolute atomic E-state index is 0.500. The zero-order valence-electron chi connectivity index (χ0n) is 12.8. The highest BCUT2D eigenvalue weighted by Crippen LogP contribution is 2.33. The molecule has 0 bridgehead atoms. The van der Waals surface area contributed by atoms with Crippen molar-refractivity contribution in [3.8, 4) is 11.5 Å². The lowest BCUT2D eigenvalue weighted by Crippen LogP contribution is -2.29. The van der Waals surface area contributed by atoms with Gasteiger partial charge in [-0.3, -0.25) is 0 Å². The fraction of sp³-hybridized carbons (Fsp3) is 0.333. The number of hydrogen-bond acceptors (Lipinski definition) is 3. The van der Waals surface area contributed by atoms with Crippen LogP contribution in [0, 0.1) is 0 Å². The summed E-state index contributed by atoms with van der Waals surface area (Å²) in [5.41, 5.74) is 4.06. The Morgan fingerprint density at radius 1 is 1.05 bits per heavy atom. The van der Waals surface area contributed by atoms with E-state index in [1.165, 1.54) is 16.8 Å². The van der Waals surface area contributed by atoms with Gasteiger partial charge in [0.2, 0.25) is 0 Å². The number of para-hydroxylation sites is 1. The second-order valence-electron chi connectivity index (χ2n) is 5.49. The van der Waals surface area contributed by atoms with Crippen molar-refractivity contribution in [1.29, 1.82) is 0 Å². The molecule has 0 spiro atoms.